The topological polar surface area (TPSA) is 9.23 Å². The van der Waals surface area contributed by atoms with E-state index < -0.39 is 0 Å². The smallest absolute Gasteiger partial charge is 0.127 e. The standard InChI is InChI=1S/C17H32.C15H28.C14H14O.C12H22.C9H18.C8H16/c1-12-5-7-16(9-14(12)3)11-17-8-6-13(2)15(4)10-17;1-12-3-7-14(8-4-12)11-15-9-5-13(2)6-10-15;1-11-3-7-13(8-4-11)15-14-9-5-12(2)6-10-14;1-7-8(2)12-6-5-11(7)9(3)10(12)4;1-6-5-7(2)9(4)8(6)3;1-5-6(2)8(4)7(5)3/h12-17H,5-11H2,1-4H3;12-15H,3-11H2,1-2H3;3-10H,1-2H3;7-12H,5-6H2,1-4H3;6-9H,5H2,1-4H3;5-8H,1-4H3. The van der Waals surface area contributed by atoms with Crippen LogP contribution in [0.25, 0.3) is 0 Å². The van der Waals surface area contributed by atoms with Crippen molar-refractivity contribution in [3.63, 3.8) is 0 Å². The summed E-state index contributed by atoms with van der Waals surface area (Å²) in [5.74, 6) is 25.9. The fourth-order valence-corrected chi connectivity index (χ4v) is 16.9. The van der Waals surface area contributed by atoms with Crippen LogP contribution in [0.5, 0.6) is 11.5 Å². The molecule has 9 aliphatic carbocycles. The first-order valence-corrected chi connectivity index (χ1v) is 33.7. The molecule has 0 N–H and O–H groups in total. The Morgan fingerprint density at radius 3 is 0.842 bits per heavy atom. The molecule has 14 unspecified atom stereocenters. The van der Waals surface area contributed by atoms with Crippen molar-refractivity contribution in [1.29, 1.82) is 0 Å². The highest BCUT2D eigenvalue weighted by Crippen LogP contribution is 2.54. The van der Waals surface area contributed by atoms with E-state index in [2.05, 4.69) is 138 Å². The van der Waals surface area contributed by atoms with Gasteiger partial charge in [0.2, 0.25) is 0 Å². The highest BCUT2D eigenvalue weighted by molar-refractivity contribution is 5.34. The Balaban J connectivity index is 0.000000171. The maximum absolute atomic E-state index is 5.69. The average molecular weight is 1050 g/mol. The first-order chi connectivity index (χ1) is 35.9. The average Bonchev–Trinajstić information content (AvgIpc) is 3.63. The Kier molecular flexibility index (Phi) is 26.9. The van der Waals surface area contributed by atoms with Crippen LogP contribution in [0.3, 0.4) is 0 Å². The molecular formula is C75H130O. The lowest BCUT2D eigenvalue weighted by molar-refractivity contribution is -0.0466. The van der Waals surface area contributed by atoms with Crippen LogP contribution in [-0.2, 0) is 0 Å². The van der Waals surface area contributed by atoms with E-state index in [9.17, 15) is 0 Å². The van der Waals surface area contributed by atoms with Crippen LogP contribution in [0.15, 0.2) is 48.5 Å². The molecule has 2 bridgehead atoms. The van der Waals surface area contributed by atoms with Gasteiger partial charge in [-0.1, -0.05) is 237 Å². The lowest BCUT2D eigenvalue weighted by atomic mass is 9.52. The SMILES string of the molecule is CC1C(C)C(C)C1C.CC1C(C)C2CCC1C(C)C2C.CC1CC(C)C(C)C1C.CC1CCC(CC2CCC(C)C(C)C2)CC1C.CC1CCC(CC2CCC(C)CC2)CC1.Cc1ccc(Oc2ccc(C)cc2)cc1. The van der Waals surface area contributed by atoms with Gasteiger partial charge in [0.15, 0.2) is 0 Å². The van der Waals surface area contributed by atoms with Gasteiger partial charge in [0.05, 0.1) is 0 Å². The van der Waals surface area contributed by atoms with Crippen molar-refractivity contribution in [2.24, 2.45) is 142 Å². The Morgan fingerprint density at radius 1 is 0.276 bits per heavy atom. The summed E-state index contributed by atoms with van der Waals surface area (Å²) in [6.45, 7) is 47.7. The summed E-state index contributed by atoms with van der Waals surface area (Å²) in [6, 6.07) is 16.1. The first-order valence-electron chi connectivity index (χ1n) is 33.7. The largest absolute Gasteiger partial charge is 0.457 e. The molecule has 0 radical (unpaired) electrons. The summed E-state index contributed by atoms with van der Waals surface area (Å²) >= 11 is 0. The zero-order valence-corrected chi connectivity index (χ0v) is 54.3. The third kappa shape index (κ3) is 19.5. The minimum Gasteiger partial charge on any atom is -0.457 e. The van der Waals surface area contributed by atoms with Crippen molar-refractivity contribution in [3.05, 3.63) is 59.7 Å². The van der Waals surface area contributed by atoms with E-state index in [0.717, 1.165) is 154 Å². The van der Waals surface area contributed by atoms with Crippen molar-refractivity contribution >= 4 is 0 Å². The highest BCUT2D eigenvalue weighted by Gasteiger charge is 2.47. The Morgan fingerprint density at radius 2 is 0.566 bits per heavy atom. The summed E-state index contributed by atoms with van der Waals surface area (Å²) in [4.78, 5) is 0. The van der Waals surface area contributed by atoms with Gasteiger partial charge in [-0.05, 0) is 225 Å². The quantitative estimate of drug-likeness (QED) is 0.280. The molecule has 0 spiro atoms. The van der Waals surface area contributed by atoms with Gasteiger partial charge in [-0.2, -0.15) is 0 Å². The monoisotopic (exact) mass is 1050 g/mol. The molecule has 14 atom stereocenters. The van der Waals surface area contributed by atoms with Crippen LogP contribution in [-0.4, -0.2) is 0 Å². The normalized spacial score (nSPS) is 42.5. The van der Waals surface area contributed by atoms with Crippen molar-refractivity contribution in [2.75, 3.05) is 0 Å². The molecule has 436 valence electrons. The molecule has 1 nitrogen and oxygen atoms in total. The molecule has 76 heavy (non-hydrogen) atoms. The van der Waals surface area contributed by atoms with Crippen molar-refractivity contribution in [3.8, 4) is 11.5 Å². The number of aryl methyl sites for hydroxylation is 2. The van der Waals surface area contributed by atoms with Crippen LogP contribution in [0, 0.1) is 156 Å². The predicted molar refractivity (Wildman–Crippen MR) is 336 cm³/mol. The van der Waals surface area contributed by atoms with Gasteiger partial charge in [0.1, 0.15) is 11.5 Å². The fourth-order valence-electron chi connectivity index (χ4n) is 16.9. The van der Waals surface area contributed by atoms with E-state index in [0.29, 0.717) is 0 Å². The molecule has 9 fully saturated rings. The molecule has 2 aromatic rings. The molecule has 2 aromatic carbocycles. The molecule has 9 aliphatic rings. The third-order valence-electron chi connectivity index (χ3n) is 25.2. The number of ether oxygens (including phenoxy) is 1. The van der Waals surface area contributed by atoms with Gasteiger partial charge in [-0.3, -0.25) is 0 Å². The number of fused-ring (bicyclic) bond motifs is 3. The number of benzene rings is 2. The van der Waals surface area contributed by atoms with Crippen LogP contribution in [0.1, 0.15) is 258 Å². The lowest BCUT2D eigenvalue weighted by Crippen LogP contribution is -2.47. The molecule has 1 heteroatoms. The molecule has 0 heterocycles. The molecule has 0 aliphatic heterocycles. The summed E-state index contributed by atoms with van der Waals surface area (Å²) in [5.41, 5.74) is 2.48. The molecular weight excluding hydrogens is 917 g/mol. The second kappa shape index (κ2) is 31.5. The summed E-state index contributed by atoms with van der Waals surface area (Å²) in [5, 5.41) is 0. The van der Waals surface area contributed by atoms with Crippen LogP contribution in [0.2, 0.25) is 0 Å². The maximum Gasteiger partial charge on any atom is 0.127 e. The Hall–Kier alpha value is -1.76. The number of hydrogen-bond acceptors (Lipinski definition) is 1. The molecule has 0 amide bonds. The number of rotatable bonds is 6. The predicted octanol–water partition coefficient (Wildman–Crippen LogP) is 23.7. The lowest BCUT2D eigenvalue weighted by Gasteiger charge is -2.53. The first kappa shape index (κ1) is 65.1. The van der Waals surface area contributed by atoms with Crippen molar-refractivity contribution in [1.82, 2.24) is 0 Å². The summed E-state index contributed by atoms with van der Waals surface area (Å²) in [7, 11) is 0. The summed E-state index contributed by atoms with van der Waals surface area (Å²) in [6.07, 6.45) is 28.8. The third-order valence-corrected chi connectivity index (χ3v) is 25.2. The van der Waals surface area contributed by atoms with E-state index in [1.807, 2.05) is 48.5 Å². The van der Waals surface area contributed by atoms with E-state index in [1.165, 1.54) is 120 Å². The maximum atomic E-state index is 5.69. The van der Waals surface area contributed by atoms with E-state index in [4.69, 9.17) is 4.74 Å². The van der Waals surface area contributed by atoms with Crippen LogP contribution in [0.4, 0.5) is 0 Å². The minimum absolute atomic E-state index is 0.879. The fraction of sp³-hybridized carbons (Fsp3) is 0.840. The van der Waals surface area contributed by atoms with Gasteiger partial charge in [0, 0.05) is 0 Å². The van der Waals surface area contributed by atoms with E-state index in [-0.39, 0.29) is 0 Å². The molecule has 0 aromatic heterocycles. The zero-order valence-electron chi connectivity index (χ0n) is 54.3. The zero-order chi connectivity index (χ0) is 56.0. The van der Waals surface area contributed by atoms with E-state index in [1.54, 1.807) is 12.8 Å². The second-order valence-electron chi connectivity index (χ2n) is 30.4. The second-order valence-corrected chi connectivity index (χ2v) is 30.4. The van der Waals surface area contributed by atoms with Crippen LogP contribution >= 0.6 is 0 Å². The molecule has 11 rings (SSSR count). The highest BCUT2D eigenvalue weighted by atomic mass is 16.5. The van der Waals surface area contributed by atoms with Gasteiger partial charge in [-0.25, -0.2) is 0 Å². The van der Waals surface area contributed by atoms with Gasteiger partial charge in [-0.15, -0.1) is 0 Å². The Labute approximate surface area is 476 Å². The summed E-state index contributed by atoms with van der Waals surface area (Å²) < 4.78 is 5.69. The molecule has 9 saturated carbocycles. The van der Waals surface area contributed by atoms with Crippen LogP contribution < -0.4 is 4.74 Å². The number of hydrogen-bond donors (Lipinski definition) is 0. The van der Waals surface area contributed by atoms with Gasteiger partial charge < -0.3 is 4.74 Å². The minimum atomic E-state index is 0.879. The van der Waals surface area contributed by atoms with Gasteiger partial charge in [0.25, 0.3) is 0 Å². The van der Waals surface area contributed by atoms with E-state index >= 15 is 0 Å². The Bertz CT molecular complexity index is 1680. The van der Waals surface area contributed by atoms with Gasteiger partial charge >= 0.3 is 0 Å². The van der Waals surface area contributed by atoms with Crippen molar-refractivity contribution in [2.45, 2.75) is 260 Å². The molecule has 0 saturated heterocycles. The van der Waals surface area contributed by atoms with Crippen molar-refractivity contribution < 1.29 is 4.74 Å².